The molecule has 1 aliphatic heterocycles. The first-order valence-electron chi connectivity index (χ1n) is 10.4. The van der Waals surface area contributed by atoms with Gasteiger partial charge in [0, 0.05) is 18.6 Å². The van der Waals surface area contributed by atoms with Gasteiger partial charge in [-0.1, -0.05) is 30.7 Å². The normalized spacial score (nSPS) is 21.0. The van der Waals surface area contributed by atoms with Gasteiger partial charge < -0.3 is 19.7 Å². The molecule has 3 atom stereocenters. The van der Waals surface area contributed by atoms with Crippen LogP contribution in [0.5, 0.6) is 11.5 Å². The van der Waals surface area contributed by atoms with Gasteiger partial charge in [-0.25, -0.2) is 0 Å². The second kappa shape index (κ2) is 10.6. The molecule has 1 heterocycles. The van der Waals surface area contributed by atoms with E-state index >= 15 is 0 Å². The summed E-state index contributed by atoms with van der Waals surface area (Å²) in [6.45, 7) is 0.291. The number of hydrogen-bond acceptors (Lipinski definition) is 5. The number of ether oxygens (including phenoxy) is 2. The van der Waals surface area contributed by atoms with E-state index in [1.54, 1.807) is 14.2 Å². The number of piperidine rings is 1. The Hall–Kier alpha value is -2.08. The first-order valence-corrected chi connectivity index (χ1v) is 10.4. The first-order chi connectivity index (χ1) is 14.1. The van der Waals surface area contributed by atoms with Gasteiger partial charge in [-0.3, -0.25) is 4.90 Å². The summed E-state index contributed by atoms with van der Waals surface area (Å²) in [7, 11) is 3.36. The van der Waals surface area contributed by atoms with Crippen LogP contribution < -0.4 is 9.47 Å². The molecule has 2 N–H and O–H groups in total. The van der Waals surface area contributed by atoms with Gasteiger partial charge in [-0.2, -0.15) is 0 Å². The number of nitrogens with zero attached hydrogens (tertiary/aromatic N) is 1. The maximum atomic E-state index is 10.2. The highest BCUT2D eigenvalue weighted by molar-refractivity contribution is 5.29. The molecular formula is C24H33NO4. The van der Waals surface area contributed by atoms with Crippen LogP contribution in [-0.4, -0.2) is 60.7 Å². The van der Waals surface area contributed by atoms with Crippen molar-refractivity contribution >= 4 is 0 Å². The van der Waals surface area contributed by atoms with Crippen molar-refractivity contribution in [3.8, 4) is 11.5 Å². The first kappa shape index (κ1) is 21.6. The molecule has 0 aliphatic carbocycles. The van der Waals surface area contributed by atoms with Gasteiger partial charge in [0.1, 0.15) is 11.5 Å². The highest BCUT2D eigenvalue weighted by Gasteiger charge is 2.32. The maximum absolute atomic E-state index is 10.2. The Morgan fingerprint density at radius 1 is 0.862 bits per heavy atom. The molecule has 1 aliphatic rings. The van der Waals surface area contributed by atoms with E-state index in [2.05, 4.69) is 29.2 Å². The molecule has 0 bridgehead atoms. The molecule has 5 nitrogen and oxygen atoms in total. The van der Waals surface area contributed by atoms with Crippen LogP contribution in [0, 0.1) is 0 Å². The van der Waals surface area contributed by atoms with Crippen molar-refractivity contribution in [3.05, 3.63) is 59.7 Å². The number of benzene rings is 2. The van der Waals surface area contributed by atoms with Gasteiger partial charge in [0.2, 0.25) is 0 Å². The fourth-order valence-corrected chi connectivity index (χ4v) is 4.32. The lowest BCUT2D eigenvalue weighted by molar-refractivity contribution is 0.00653. The lowest BCUT2D eigenvalue weighted by Gasteiger charge is -2.43. The molecule has 29 heavy (non-hydrogen) atoms. The van der Waals surface area contributed by atoms with Gasteiger partial charge in [0.05, 0.1) is 26.9 Å². The van der Waals surface area contributed by atoms with Crippen molar-refractivity contribution in [1.82, 2.24) is 4.90 Å². The molecule has 5 heteroatoms. The lowest BCUT2D eigenvalue weighted by atomic mass is 9.88. The zero-order valence-electron chi connectivity index (χ0n) is 17.5. The summed E-state index contributed by atoms with van der Waals surface area (Å²) in [6, 6.07) is 17.2. The average Bonchev–Trinajstić information content (AvgIpc) is 2.76. The van der Waals surface area contributed by atoms with E-state index in [1.807, 2.05) is 24.3 Å². The maximum Gasteiger partial charge on any atom is 0.118 e. The number of methoxy groups -OCH3 is 2. The number of rotatable bonds is 9. The monoisotopic (exact) mass is 399 g/mol. The SMILES string of the molecule is COc1ccc(C[C@H]2CCC[C@@H](Cc3ccc(OC)cc3)N2C[C@@H](O)CO)cc1. The fraction of sp³-hybridized carbons (Fsp3) is 0.500. The van der Waals surface area contributed by atoms with Crippen LogP contribution in [-0.2, 0) is 12.8 Å². The quantitative estimate of drug-likeness (QED) is 0.679. The number of β-amino-alcohol motifs (C(OH)–C–C–N with tert-alkyl or cyclic N) is 1. The van der Waals surface area contributed by atoms with Crippen LogP contribution in [0.25, 0.3) is 0 Å². The molecule has 2 aromatic carbocycles. The van der Waals surface area contributed by atoms with E-state index in [1.165, 1.54) is 17.5 Å². The van der Waals surface area contributed by atoms with Crippen molar-refractivity contribution < 1.29 is 19.7 Å². The Morgan fingerprint density at radius 3 is 1.69 bits per heavy atom. The van der Waals surface area contributed by atoms with Gasteiger partial charge >= 0.3 is 0 Å². The van der Waals surface area contributed by atoms with Gasteiger partial charge in [-0.15, -0.1) is 0 Å². The van der Waals surface area contributed by atoms with Crippen molar-refractivity contribution in [2.24, 2.45) is 0 Å². The molecule has 0 aromatic heterocycles. The van der Waals surface area contributed by atoms with E-state index < -0.39 is 6.10 Å². The largest absolute Gasteiger partial charge is 0.497 e. The predicted octanol–water partition coefficient (Wildman–Crippen LogP) is 3.07. The minimum Gasteiger partial charge on any atom is -0.497 e. The van der Waals surface area contributed by atoms with Crippen LogP contribution in [0.3, 0.4) is 0 Å². The van der Waals surface area contributed by atoms with E-state index in [0.29, 0.717) is 18.6 Å². The summed E-state index contributed by atoms with van der Waals surface area (Å²) >= 11 is 0. The molecule has 0 radical (unpaired) electrons. The molecule has 2 aromatic rings. The highest BCUT2D eigenvalue weighted by Crippen LogP contribution is 2.29. The van der Waals surface area contributed by atoms with Crippen LogP contribution in [0.2, 0.25) is 0 Å². The van der Waals surface area contributed by atoms with E-state index in [-0.39, 0.29) is 6.61 Å². The fourth-order valence-electron chi connectivity index (χ4n) is 4.32. The zero-order valence-corrected chi connectivity index (χ0v) is 17.5. The Kier molecular flexibility index (Phi) is 7.92. The minimum atomic E-state index is -0.718. The smallest absolute Gasteiger partial charge is 0.118 e. The number of hydrogen-bond donors (Lipinski definition) is 2. The second-order valence-electron chi connectivity index (χ2n) is 7.88. The third kappa shape index (κ3) is 5.95. The number of likely N-dealkylation sites (tertiary alicyclic amines) is 1. The zero-order chi connectivity index (χ0) is 20.6. The van der Waals surface area contributed by atoms with Crippen molar-refractivity contribution in [1.29, 1.82) is 0 Å². The van der Waals surface area contributed by atoms with Crippen molar-refractivity contribution in [3.63, 3.8) is 0 Å². The Bertz CT molecular complexity index is 674. The Labute approximate surface area is 173 Å². The predicted molar refractivity (Wildman–Crippen MR) is 115 cm³/mol. The summed E-state index contributed by atoms with van der Waals surface area (Å²) in [5, 5.41) is 19.6. The van der Waals surface area contributed by atoms with E-state index in [0.717, 1.165) is 37.2 Å². The Morgan fingerprint density at radius 2 is 1.31 bits per heavy atom. The van der Waals surface area contributed by atoms with Crippen molar-refractivity contribution in [2.45, 2.75) is 50.3 Å². The highest BCUT2D eigenvalue weighted by atomic mass is 16.5. The summed E-state index contributed by atoms with van der Waals surface area (Å²) in [5.74, 6) is 1.73. The van der Waals surface area contributed by atoms with Crippen LogP contribution >= 0.6 is 0 Å². The summed E-state index contributed by atoms with van der Waals surface area (Å²) in [5.41, 5.74) is 2.54. The lowest BCUT2D eigenvalue weighted by Crippen LogP contribution is -2.52. The molecule has 3 rings (SSSR count). The van der Waals surface area contributed by atoms with Crippen molar-refractivity contribution in [2.75, 3.05) is 27.4 Å². The average molecular weight is 400 g/mol. The molecule has 0 spiro atoms. The third-order valence-corrected chi connectivity index (χ3v) is 5.91. The molecule has 0 unspecified atom stereocenters. The molecule has 158 valence electrons. The summed E-state index contributed by atoms with van der Waals surface area (Å²) in [4.78, 5) is 2.42. The Balaban J connectivity index is 1.74. The van der Waals surface area contributed by atoms with Gasteiger partial charge in [0.25, 0.3) is 0 Å². The van der Waals surface area contributed by atoms with E-state index in [4.69, 9.17) is 9.47 Å². The van der Waals surface area contributed by atoms with Crippen LogP contribution in [0.15, 0.2) is 48.5 Å². The molecule has 0 saturated carbocycles. The summed E-state index contributed by atoms with van der Waals surface area (Å²) < 4.78 is 10.5. The number of aliphatic hydroxyl groups excluding tert-OH is 2. The van der Waals surface area contributed by atoms with Crippen LogP contribution in [0.1, 0.15) is 30.4 Å². The van der Waals surface area contributed by atoms with Gasteiger partial charge in [0.15, 0.2) is 0 Å². The third-order valence-electron chi connectivity index (χ3n) is 5.91. The topological polar surface area (TPSA) is 62.2 Å². The van der Waals surface area contributed by atoms with Crippen LogP contribution in [0.4, 0.5) is 0 Å². The number of aliphatic hydroxyl groups is 2. The van der Waals surface area contributed by atoms with E-state index in [9.17, 15) is 10.2 Å². The molecule has 0 amide bonds. The minimum absolute atomic E-state index is 0.207. The molecular weight excluding hydrogens is 366 g/mol. The molecule has 1 fully saturated rings. The second-order valence-corrected chi connectivity index (χ2v) is 7.88. The molecule has 1 saturated heterocycles. The van der Waals surface area contributed by atoms with Gasteiger partial charge in [-0.05, 0) is 61.1 Å². The standard InChI is InChI=1S/C24H33NO4/c1-28-23-10-6-18(7-11-23)14-20-4-3-5-21(25(20)16-22(27)17-26)15-19-8-12-24(29-2)13-9-19/h6-13,20-22,26-27H,3-5,14-17H2,1-2H3/t20-,21+,22-/m1/s1. The summed E-state index contributed by atoms with van der Waals surface area (Å²) in [6.07, 6.45) is 4.52.